The van der Waals surface area contributed by atoms with Gasteiger partial charge in [-0.15, -0.1) is 5.10 Å². The number of benzene rings is 1. The summed E-state index contributed by atoms with van der Waals surface area (Å²) in [7, 11) is 1.83. The molecule has 0 spiro atoms. The summed E-state index contributed by atoms with van der Waals surface area (Å²) in [6.07, 6.45) is 6.69. The van der Waals surface area contributed by atoms with Crippen LogP contribution in [0, 0.1) is 0 Å². The van der Waals surface area contributed by atoms with Crippen molar-refractivity contribution in [2.45, 2.75) is 18.9 Å². The maximum atomic E-state index is 13.4. The van der Waals surface area contributed by atoms with Crippen molar-refractivity contribution < 1.29 is 0 Å². The first-order valence-electron chi connectivity index (χ1n) is 11.3. The molecule has 0 radical (unpaired) electrons. The van der Waals surface area contributed by atoms with Crippen molar-refractivity contribution in [3.8, 4) is 28.1 Å². The fraction of sp³-hybridized carbons (Fsp3) is 0.160. The second kappa shape index (κ2) is 8.92. The lowest BCUT2D eigenvalue weighted by Gasteiger charge is -2.15. The molecule has 0 bridgehead atoms. The molecule has 0 fully saturated rings. The number of anilines is 1. The molecular weight excluding hydrogens is 499 g/mol. The third-order valence-electron chi connectivity index (χ3n) is 6.36. The minimum absolute atomic E-state index is 0.106. The SMILES string of the molecule is CNc1ccc(-c2cnc([C@@H]3CCc4cc(-c5cc(Cl)ccc5-n5cc(Cl)nn5)cc(=O)n43)[nH]2)cn1. The van der Waals surface area contributed by atoms with Gasteiger partial charge in [-0.25, -0.2) is 14.6 Å². The topological polar surface area (TPSA) is 106 Å². The van der Waals surface area contributed by atoms with E-state index in [2.05, 4.69) is 30.6 Å². The molecule has 9 nitrogen and oxygen atoms in total. The first-order valence-corrected chi connectivity index (χ1v) is 12.1. The van der Waals surface area contributed by atoms with Crippen LogP contribution in [0.1, 0.15) is 24.0 Å². The van der Waals surface area contributed by atoms with E-state index in [4.69, 9.17) is 23.2 Å². The quantitative estimate of drug-likeness (QED) is 0.347. The van der Waals surface area contributed by atoms with E-state index < -0.39 is 0 Å². The molecular formula is C25H20Cl2N8O. The Kier molecular flexibility index (Phi) is 5.58. The summed E-state index contributed by atoms with van der Waals surface area (Å²) < 4.78 is 3.38. The Balaban J connectivity index is 1.37. The van der Waals surface area contributed by atoms with Gasteiger partial charge in [0.2, 0.25) is 0 Å². The fourth-order valence-electron chi connectivity index (χ4n) is 4.66. The fourth-order valence-corrected chi connectivity index (χ4v) is 4.96. The van der Waals surface area contributed by atoms with Crippen molar-refractivity contribution in [3.05, 3.63) is 93.1 Å². The number of pyridine rings is 2. The van der Waals surface area contributed by atoms with E-state index in [0.29, 0.717) is 5.02 Å². The van der Waals surface area contributed by atoms with Crippen molar-refractivity contribution in [3.63, 3.8) is 0 Å². The number of aryl methyl sites for hydroxylation is 1. The molecule has 0 amide bonds. The Labute approximate surface area is 215 Å². The van der Waals surface area contributed by atoms with Gasteiger partial charge in [0, 0.05) is 41.2 Å². The first-order chi connectivity index (χ1) is 17.5. The van der Waals surface area contributed by atoms with E-state index >= 15 is 0 Å². The number of hydrogen-bond acceptors (Lipinski definition) is 6. The van der Waals surface area contributed by atoms with Gasteiger partial charge in [-0.05, 0) is 54.8 Å². The smallest absolute Gasteiger partial charge is 0.252 e. The van der Waals surface area contributed by atoms with Crippen LogP contribution in [0.5, 0.6) is 0 Å². The first kappa shape index (κ1) is 22.5. The van der Waals surface area contributed by atoms with Crippen LogP contribution >= 0.6 is 23.2 Å². The molecule has 1 aliphatic heterocycles. The number of rotatable bonds is 5. The van der Waals surface area contributed by atoms with Gasteiger partial charge in [0.25, 0.3) is 5.56 Å². The van der Waals surface area contributed by atoms with Crippen LogP contribution in [0.3, 0.4) is 0 Å². The summed E-state index contributed by atoms with van der Waals surface area (Å²) in [5, 5.41) is 11.8. The van der Waals surface area contributed by atoms with Crippen LogP contribution < -0.4 is 10.9 Å². The molecule has 1 aliphatic rings. The average Bonchev–Trinajstić information content (AvgIpc) is 3.63. The van der Waals surface area contributed by atoms with Gasteiger partial charge in [-0.3, -0.25) is 4.79 Å². The molecule has 36 heavy (non-hydrogen) atoms. The third-order valence-corrected chi connectivity index (χ3v) is 6.77. The highest BCUT2D eigenvalue weighted by Gasteiger charge is 2.28. The second-order valence-corrected chi connectivity index (χ2v) is 9.33. The number of nitrogens with one attached hydrogen (secondary N) is 2. The summed E-state index contributed by atoms with van der Waals surface area (Å²) in [6.45, 7) is 0. The van der Waals surface area contributed by atoms with Gasteiger partial charge in [0.15, 0.2) is 5.15 Å². The normalized spacial score (nSPS) is 14.7. The zero-order valence-corrected chi connectivity index (χ0v) is 20.6. The number of aromatic amines is 1. The van der Waals surface area contributed by atoms with Crippen LogP contribution in [-0.4, -0.2) is 41.6 Å². The number of hydrogen-bond donors (Lipinski definition) is 2. The molecule has 5 heterocycles. The predicted octanol–water partition coefficient (Wildman–Crippen LogP) is 4.77. The molecule has 6 rings (SSSR count). The monoisotopic (exact) mass is 518 g/mol. The lowest BCUT2D eigenvalue weighted by atomic mass is 10.0. The molecule has 11 heteroatoms. The van der Waals surface area contributed by atoms with E-state index in [-0.39, 0.29) is 16.8 Å². The lowest BCUT2D eigenvalue weighted by Crippen LogP contribution is -2.23. The zero-order chi connectivity index (χ0) is 24.8. The molecule has 0 aliphatic carbocycles. The molecule has 180 valence electrons. The highest BCUT2D eigenvalue weighted by atomic mass is 35.5. The van der Waals surface area contributed by atoms with Crippen LogP contribution in [0.2, 0.25) is 10.2 Å². The molecule has 1 aromatic carbocycles. The van der Waals surface area contributed by atoms with Gasteiger partial charge < -0.3 is 14.9 Å². The molecule has 2 N–H and O–H groups in total. The summed E-state index contributed by atoms with van der Waals surface area (Å²) >= 11 is 12.3. The summed E-state index contributed by atoms with van der Waals surface area (Å²) in [6, 6.07) is 12.8. The van der Waals surface area contributed by atoms with E-state index in [1.54, 1.807) is 35.4 Å². The molecule has 0 saturated carbocycles. The third kappa shape index (κ3) is 3.96. The van der Waals surface area contributed by atoms with Gasteiger partial charge in [-0.2, -0.15) is 0 Å². The summed E-state index contributed by atoms with van der Waals surface area (Å²) in [4.78, 5) is 25.7. The van der Waals surface area contributed by atoms with Crippen LogP contribution in [0.4, 0.5) is 5.82 Å². The van der Waals surface area contributed by atoms with Gasteiger partial charge in [0.05, 0.1) is 29.8 Å². The highest BCUT2D eigenvalue weighted by molar-refractivity contribution is 6.31. The number of nitrogens with zero attached hydrogens (tertiary/aromatic N) is 6. The van der Waals surface area contributed by atoms with Crippen LogP contribution in [-0.2, 0) is 6.42 Å². The van der Waals surface area contributed by atoms with Crippen LogP contribution in [0.25, 0.3) is 28.1 Å². The molecule has 4 aromatic heterocycles. The van der Waals surface area contributed by atoms with Crippen molar-refractivity contribution in [2.75, 3.05) is 12.4 Å². The van der Waals surface area contributed by atoms with Crippen LogP contribution in [0.15, 0.2) is 65.8 Å². The van der Waals surface area contributed by atoms with Crippen molar-refractivity contribution in [1.29, 1.82) is 0 Å². The second-order valence-electron chi connectivity index (χ2n) is 8.51. The number of imidazole rings is 1. The maximum absolute atomic E-state index is 13.4. The van der Waals surface area contributed by atoms with E-state index in [1.165, 1.54) is 0 Å². The van der Waals surface area contributed by atoms with E-state index in [9.17, 15) is 4.79 Å². The minimum atomic E-state index is -0.173. The largest absolute Gasteiger partial charge is 0.373 e. The number of halogens is 2. The number of aromatic nitrogens is 7. The minimum Gasteiger partial charge on any atom is -0.373 e. The maximum Gasteiger partial charge on any atom is 0.252 e. The average molecular weight is 519 g/mol. The Morgan fingerprint density at radius 1 is 1.06 bits per heavy atom. The molecule has 0 saturated heterocycles. The Morgan fingerprint density at radius 3 is 2.69 bits per heavy atom. The zero-order valence-electron chi connectivity index (χ0n) is 19.1. The standard InChI is InChI=1S/C25H20Cl2N8O/c1-28-23-7-2-14(11-29-23)19-12-30-25(31-19)21-6-4-17-8-15(9-24(36)35(17)21)18-10-16(26)3-5-20(18)34-13-22(27)32-33-34/h2-3,5,7-13,21H,4,6H2,1H3,(H,28,29)(H,30,31)/t21-/m0/s1. The summed E-state index contributed by atoms with van der Waals surface area (Å²) in [5.41, 5.74) is 4.86. The van der Waals surface area contributed by atoms with Gasteiger partial charge in [0.1, 0.15) is 11.6 Å². The highest BCUT2D eigenvalue weighted by Crippen LogP contribution is 2.34. The molecule has 5 aromatic rings. The Hall–Kier alpha value is -3.95. The Morgan fingerprint density at radius 2 is 1.94 bits per heavy atom. The van der Waals surface area contributed by atoms with Crippen molar-refractivity contribution in [1.82, 2.24) is 34.5 Å². The van der Waals surface area contributed by atoms with E-state index in [1.807, 2.05) is 41.9 Å². The predicted molar refractivity (Wildman–Crippen MR) is 139 cm³/mol. The number of H-pyrrole nitrogens is 1. The summed E-state index contributed by atoms with van der Waals surface area (Å²) in [5.74, 6) is 1.54. The molecule has 0 unspecified atom stereocenters. The van der Waals surface area contributed by atoms with Crippen molar-refractivity contribution in [2.24, 2.45) is 0 Å². The van der Waals surface area contributed by atoms with Crippen molar-refractivity contribution >= 4 is 29.0 Å². The lowest BCUT2D eigenvalue weighted by molar-refractivity contribution is 0.572. The van der Waals surface area contributed by atoms with E-state index in [0.717, 1.165) is 58.2 Å². The molecule has 1 atom stereocenters. The van der Waals surface area contributed by atoms with Gasteiger partial charge >= 0.3 is 0 Å². The Bertz CT molecular complexity index is 1640. The van der Waals surface area contributed by atoms with Gasteiger partial charge in [-0.1, -0.05) is 28.4 Å². The number of fused-ring (bicyclic) bond motifs is 1.